The number of aryl methyl sites for hydroxylation is 1. The lowest BCUT2D eigenvalue weighted by atomic mass is 9.79. The third-order valence-corrected chi connectivity index (χ3v) is 6.33. The van der Waals surface area contributed by atoms with Gasteiger partial charge in [-0.15, -0.1) is 6.58 Å². The van der Waals surface area contributed by atoms with E-state index in [-0.39, 0.29) is 36.6 Å². The lowest BCUT2D eigenvalue weighted by Crippen LogP contribution is -2.49. The van der Waals surface area contributed by atoms with Crippen molar-refractivity contribution in [3.63, 3.8) is 0 Å². The van der Waals surface area contributed by atoms with Crippen LogP contribution in [0.5, 0.6) is 0 Å². The van der Waals surface area contributed by atoms with Gasteiger partial charge in [-0.3, -0.25) is 4.79 Å². The minimum absolute atomic E-state index is 0.0369. The highest BCUT2D eigenvalue weighted by Gasteiger charge is 2.50. The molecule has 0 bridgehead atoms. The molecule has 0 unspecified atom stereocenters. The molecule has 0 atom stereocenters. The molecule has 1 amide bonds. The zero-order chi connectivity index (χ0) is 24.0. The van der Waals surface area contributed by atoms with E-state index in [2.05, 4.69) is 11.9 Å². The number of nitrogens with one attached hydrogen (secondary N) is 1. The van der Waals surface area contributed by atoms with Gasteiger partial charge < -0.3 is 24.3 Å². The van der Waals surface area contributed by atoms with Crippen LogP contribution < -0.4 is 5.32 Å². The molecule has 2 aliphatic rings. The lowest BCUT2D eigenvalue weighted by Gasteiger charge is -2.38. The Morgan fingerprint density at radius 2 is 2.00 bits per heavy atom. The van der Waals surface area contributed by atoms with Crippen LogP contribution in [-0.2, 0) is 23.7 Å². The lowest BCUT2D eigenvalue weighted by molar-refractivity contribution is -0.116. The maximum atomic E-state index is 13.2. The van der Waals surface area contributed by atoms with Crippen molar-refractivity contribution >= 4 is 40.8 Å². The van der Waals surface area contributed by atoms with Gasteiger partial charge in [0.05, 0.1) is 35.5 Å². The molecule has 0 saturated heterocycles. The molecule has 3 rings (SSSR count). The summed E-state index contributed by atoms with van der Waals surface area (Å²) in [7, 11) is 0. The van der Waals surface area contributed by atoms with Crippen LogP contribution in [0.2, 0.25) is 10.0 Å². The van der Waals surface area contributed by atoms with Gasteiger partial charge in [0.25, 0.3) is 5.91 Å². The fraction of sp³-hybridized carbons (Fsp3) is 0.500. The van der Waals surface area contributed by atoms with E-state index in [0.29, 0.717) is 60.1 Å². The van der Waals surface area contributed by atoms with Gasteiger partial charge in [0, 0.05) is 17.2 Å². The van der Waals surface area contributed by atoms with Gasteiger partial charge in [-0.05, 0) is 57.2 Å². The average molecular weight is 498 g/mol. The van der Waals surface area contributed by atoms with Crippen LogP contribution >= 0.6 is 23.2 Å². The molecule has 7 nitrogen and oxygen atoms in total. The van der Waals surface area contributed by atoms with Crippen LogP contribution in [-0.4, -0.2) is 50.1 Å². The molecular formula is C24H29Cl2NO6. The number of hydrogen-bond acceptors (Lipinski definition) is 6. The molecule has 9 heteroatoms. The third-order valence-electron chi connectivity index (χ3n) is 5.82. The van der Waals surface area contributed by atoms with E-state index >= 15 is 0 Å². The molecule has 1 saturated carbocycles. The van der Waals surface area contributed by atoms with Crippen LogP contribution in [0.3, 0.4) is 0 Å². The second-order valence-electron chi connectivity index (χ2n) is 8.04. The SMILES string of the molecule is C=CCOC1CCC2(CC1)NC(=O)C(c1c(C)cc(Cl)cc1Cl)=C2OC(=O)OCCOCC. The Hall–Kier alpha value is -2.06. The predicted octanol–water partition coefficient (Wildman–Crippen LogP) is 5.22. The van der Waals surface area contributed by atoms with E-state index in [4.69, 9.17) is 42.1 Å². The van der Waals surface area contributed by atoms with Gasteiger partial charge in [-0.2, -0.15) is 0 Å². The van der Waals surface area contributed by atoms with Crippen LogP contribution in [0.25, 0.3) is 5.57 Å². The molecular weight excluding hydrogens is 469 g/mol. The summed E-state index contributed by atoms with van der Waals surface area (Å²) in [5.41, 5.74) is 0.553. The molecule has 1 spiro atoms. The zero-order valence-corrected chi connectivity index (χ0v) is 20.4. The van der Waals surface area contributed by atoms with E-state index in [9.17, 15) is 9.59 Å². The summed E-state index contributed by atoms with van der Waals surface area (Å²) in [6.07, 6.45) is 3.28. The molecule has 1 aromatic carbocycles. The summed E-state index contributed by atoms with van der Waals surface area (Å²) in [6, 6.07) is 3.28. The number of carbonyl (C=O) groups is 2. The fourth-order valence-corrected chi connectivity index (χ4v) is 5.01. The van der Waals surface area contributed by atoms with Crippen molar-refractivity contribution in [2.24, 2.45) is 0 Å². The summed E-state index contributed by atoms with van der Waals surface area (Å²) < 4.78 is 21.9. The molecule has 1 heterocycles. The van der Waals surface area contributed by atoms with Crippen molar-refractivity contribution < 1.29 is 28.5 Å². The van der Waals surface area contributed by atoms with E-state index in [1.165, 1.54) is 0 Å². The van der Waals surface area contributed by atoms with Crippen molar-refractivity contribution in [2.75, 3.05) is 26.4 Å². The Morgan fingerprint density at radius 3 is 2.64 bits per heavy atom. The smallest absolute Gasteiger partial charge is 0.432 e. The van der Waals surface area contributed by atoms with Crippen LogP contribution in [0.1, 0.15) is 43.7 Å². The van der Waals surface area contributed by atoms with Crippen molar-refractivity contribution in [1.82, 2.24) is 5.32 Å². The highest BCUT2D eigenvalue weighted by molar-refractivity contribution is 6.38. The van der Waals surface area contributed by atoms with Crippen molar-refractivity contribution in [2.45, 2.75) is 51.2 Å². The second-order valence-corrected chi connectivity index (χ2v) is 8.88. The fourth-order valence-electron chi connectivity index (χ4n) is 4.32. The van der Waals surface area contributed by atoms with Gasteiger partial charge in [0.1, 0.15) is 6.61 Å². The monoisotopic (exact) mass is 497 g/mol. The number of carbonyl (C=O) groups excluding carboxylic acids is 2. The van der Waals surface area contributed by atoms with Gasteiger partial charge >= 0.3 is 6.16 Å². The summed E-state index contributed by atoms with van der Waals surface area (Å²) in [4.78, 5) is 25.8. The standard InChI is InChI=1S/C24H29Cl2NO6/c1-4-10-31-17-6-8-24(9-7-17)21(33-23(29)32-12-11-30-5-2)20(22(28)27-24)19-15(3)13-16(25)14-18(19)26/h4,13-14,17H,1,5-12H2,2-3H3,(H,27,28). The summed E-state index contributed by atoms with van der Waals surface area (Å²) >= 11 is 12.6. The predicted molar refractivity (Wildman–Crippen MR) is 126 cm³/mol. The first-order valence-electron chi connectivity index (χ1n) is 11.0. The topological polar surface area (TPSA) is 83.1 Å². The maximum absolute atomic E-state index is 13.2. The number of benzene rings is 1. The number of halogens is 2. The van der Waals surface area contributed by atoms with Gasteiger partial charge in [0.15, 0.2) is 5.76 Å². The maximum Gasteiger partial charge on any atom is 0.513 e. The van der Waals surface area contributed by atoms with Crippen LogP contribution in [0.15, 0.2) is 30.5 Å². The number of ether oxygens (including phenoxy) is 4. The highest BCUT2D eigenvalue weighted by Crippen LogP contribution is 2.46. The van der Waals surface area contributed by atoms with Gasteiger partial charge in [-0.1, -0.05) is 29.3 Å². The molecule has 180 valence electrons. The van der Waals surface area contributed by atoms with Crippen LogP contribution in [0, 0.1) is 6.92 Å². The minimum Gasteiger partial charge on any atom is -0.432 e. The van der Waals surface area contributed by atoms with Gasteiger partial charge in [0.2, 0.25) is 0 Å². The van der Waals surface area contributed by atoms with E-state index < -0.39 is 11.7 Å². The van der Waals surface area contributed by atoms with Crippen LogP contribution in [0.4, 0.5) is 4.79 Å². The Bertz CT molecular complexity index is 914. The quantitative estimate of drug-likeness (QED) is 0.286. The molecule has 1 aliphatic heterocycles. The first-order valence-corrected chi connectivity index (χ1v) is 11.7. The van der Waals surface area contributed by atoms with Crippen molar-refractivity contribution in [3.8, 4) is 0 Å². The molecule has 1 aromatic rings. The Labute approximate surface area is 204 Å². The van der Waals surface area contributed by atoms with E-state index in [1.54, 1.807) is 25.1 Å². The highest BCUT2D eigenvalue weighted by atomic mass is 35.5. The Morgan fingerprint density at radius 1 is 1.27 bits per heavy atom. The first-order chi connectivity index (χ1) is 15.8. The van der Waals surface area contributed by atoms with Crippen molar-refractivity contribution in [1.29, 1.82) is 0 Å². The molecule has 1 fully saturated rings. The third kappa shape index (κ3) is 5.90. The molecule has 1 N–H and O–H groups in total. The summed E-state index contributed by atoms with van der Waals surface area (Å²) in [5.74, 6) is -0.131. The number of hydrogen-bond donors (Lipinski definition) is 1. The number of amides is 1. The Balaban J connectivity index is 1.95. The number of rotatable bonds is 9. The van der Waals surface area contributed by atoms with Gasteiger partial charge in [-0.25, -0.2) is 4.79 Å². The first kappa shape index (κ1) is 25.6. The summed E-state index contributed by atoms with van der Waals surface area (Å²) in [5, 5.41) is 3.81. The zero-order valence-electron chi connectivity index (χ0n) is 18.9. The largest absolute Gasteiger partial charge is 0.513 e. The normalized spacial score (nSPS) is 22.4. The average Bonchev–Trinajstić information content (AvgIpc) is 3.01. The van der Waals surface area contributed by atoms with Crippen molar-refractivity contribution in [3.05, 3.63) is 51.7 Å². The molecule has 0 radical (unpaired) electrons. The van der Waals surface area contributed by atoms with E-state index in [1.807, 2.05) is 6.92 Å². The summed E-state index contributed by atoms with van der Waals surface area (Å²) in [6.45, 7) is 8.60. The second kappa shape index (κ2) is 11.4. The minimum atomic E-state index is -0.897. The van der Waals surface area contributed by atoms with E-state index in [0.717, 1.165) is 0 Å². The molecule has 1 aliphatic carbocycles. The Kier molecular flexibility index (Phi) is 8.82. The molecule has 0 aromatic heterocycles. The molecule has 33 heavy (non-hydrogen) atoms.